The molecule has 0 saturated carbocycles. The number of benzene rings is 2. The van der Waals surface area contributed by atoms with Crippen molar-refractivity contribution in [3.63, 3.8) is 0 Å². The molecule has 142 valence electrons. The summed E-state index contributed by atoms with van der Waals surface area (Å²) in [4.78, 5) is 49.0. The number of imide groups is 2. The number of nitrogens with one attached hydrogen (secondary N) is 1. The molecule has 1 saturated heterocycles. The van der Waals surface area contributed by atoms with Gasteiger partial charge in [0.15, 0.2) is 0 Å². The van der Waals surface area contributed by atoms with Crippen LogP contribution in [0.2, 0.25) is 5.02 Å². The highest BCUT2D eigenvalue weighted by atomic mass is 35.5. The van der Waals surface area contributed by atoms with Crippen LogP contribution in [0, 0.1) is 0 Å². The van der Waals surface area contributed by atoms with Crippen LogP contribution < -0.4 is 15.0 Å². The summed E-state index contributed by atoms with van der Waals surface area (Å²) in [7, 11) is 1.42. The number of carbonyl (C=O) groups is 4. The number of carboxylic acid groups (broad SMARTS) is 1. The lowest BCUT2D eigenvalue weighted by Crippen LogP contribution is -2.54. The average Bonchev–Trinajstić information content (AvgIpc) is 2.65. The molecule has 1 aliphatic rings. The van der Waals surface area contributed by atoms with Crippen LogP contribution in [-0.4, -0.2) is 36.0 Å². The maximum Gasteiger partial charge on any atom is 0.335 e. The van der Waals surface area contributed by atoms with Gasteiger partial charge in [-0.3, -0.25) is 14.9 Å². The SMILES string of the molecule is COc1ccc(Cl)cc1/C=C1\C(=O)NC(=O)N(c2ccc(C(=O)O)cc2)C1=O. The average molecular weight is 401 g/mol. The van der Waals surface area contributed by atoms with Gasteiger partial charge in [-0.1, -0.05) is 11.6 Å². The second kappa shape index (κ2) is 7.53. The number of hydrogen-bond donors (Lipinski definition) is 2. The van der Waals surface area contributed by atoms with E-state index in [1.54, 1.807) is 12.1 Å². The third-order valence-electron chi connectivity index (χ3n) is 3.97. The molecule has 28 heavy (non-hydrogen) atoms. The van der Waals surface area contributed by atoms with E-state index >= 15 is 0 Å². The number of hydrogen-bond acceptors (Lipinski definition) is 5. The zero-order chi connectivity index (χ0) is 20.4. The Hall–Kier alpha value is -3.65. The molecule has 2 N–H and O–H groups in total. The number of anilines is 1. The first-order valence-electron chi connectivity index (χ1n) is 7.90. The van der Waals surface area contributed by atoms with Crippen LogP contribution in [0.4, 0.5) is 10.5 Å². The van der Waals surface area contributed by atoms with Gasteiger partial charge in [-0.2, -0.15) is 0 Å². The van der Waals surface area contributed by atoms with Crippen molar-refractivity contribution >= 4 is 47.2 Å². The van der Waals surface area contributed by atoms with E-state index in [2.05, 4.69) is 5.32 Å². The van der Waals surface area contributed by atoms with Crippen LogP contribution in [0.15, 0.2) is 48.0 Å². The van der Waals surface area contributed by atoms with Gasteiger partial charge in [-0.05, 0) is 48.5 Å². The number of carbonyl (C=O) groups excluding carboxylic acids is 3. The van der Waals surface area contributed by atoms with Crippen LogP contribution in [0.1, 0.15) is 15.9 Å². The van der Waals surface area contributed by atoms with E-state index in [0.29, 0.717) is 16.3 Å². The van der Waals surface area contributed by atoms with Gasteiger partial charge in [-0.15, -0.1) is 0 Å². The number of carboxylic acids is 1. The number of amides is 4. The Labute approximate surface area is 164 Å². The highest BCUT2D eigenvalue weighted by molar-refractivity contribution is 6.39. The summed E-state index contributed by atoms with van der Waals surface area (Å²) in [6, 6.07) is 8.83. The predicted octanol–water partition coefficient (Wildman–Crippen LogP) is 2.71. The number of methoxy groups -OCH3 is 1. The van der Waals surface area contributed by atoms with Gasteiger partial charge in [0.25, 0.3) is 11.8 Å². The number of rotatable bonds is 4. The molecule has 9 heteroatoms. The Morgan fingerprint density at radius 1 is 1.14 bits per heavy atom. The van der Waals surface area contributed by atoms with E-state index in [1.165, 1.54) is 43.5 Å². The molecule has 0 radical (unpaired) electrons. The number of nitrogens with zero attached hydrogens (tertiary/aromatic N) is 1. The minimum absolute atomic E-state index is 0.0101. The molecule has 0 aromatic heterocycles. The number of halogens is 1. The van der Waals surface area contributed by atoms with Gasteiger partial charge >= 0.3 is 12.0 Å². The van der Waals surface area contributed by atoms with Crippen molar-refractivity contribution in [2.45, 2.75) is 0 Å². The standard InChI is InChI=1S/C19H13ClN2O6/c1-28-15-7-4-12(20)8-11(15)9-14-16(23)21-19(27)22(17(14)24)13-5-2-10(3-6-13)18(25)26/h2-9H,1H3,(H,25,26)(H,21,23,27)/b14-9+. The Kier molecular flexibility index (Phi) is 5.14. The molecular formula is C19H13ClN2O6. The Balaban J connectivity index is 2.03. The number of ether oxygens (including phenoxy) is 1. The molecule has 4 amide bonds. The van der Waals surface area contributed by atoms with Crippen molar-refractivity contribution in [3.05, 3.63) is 64.2 Å². The first-order valence-corrected chi connectivity index (χ1v) is 8.28. The lowest BCUT2D eigenvalue weighted by molar-refractivity contribution is -0.122. The Morgan fingerprint density at radius 2 is 1.82 bits per heavy atom. The summed E-state index contributed by atoms with van der Waals surface area (Å²) in [6.45, 7) is 0. The van der Waals surface area contributed by atoms with Gasteiger partial charge in [0.1, 0.15) is 11.3 Å². The maximum absolute atomic E-state index is 12.8. The molecule has 3 rings (SSSR count). The van der Waals surface area contributed by atoms with Crippen molar-refractivity contribution < 1.29 is 29.0 Å². The molecule has 1 fully saturated rings. The van der Waals surface area contributed by atoms with Crippen molar-refractivity contribution in [1.29, 1.82) is 0 Å². The van der Waals surface area contributed by atoms with Crippen molar-refractivity contribution in [1.82, 2.24) is 5.32 Å². The van der Waals surface area contributed by atoms with Crippen LogP contribution in [0.25, 0.3) is 6.08 Å². The van der Waals surface area contributed by atoms with Crippen LogP contribution in [0.3, 0.4) is 0 Å². The summed E-state index contributed by atoms with van der Waals surface area (Å²) >= 11 is 5.97. The number of urea groups is 1. The zero-order valence-electron chi connectivity index (χ0n) is 14.4. The largest absolute Gasteiger partial charge is 0.496 e. The van der Waals surface area contributed by atoms with Crippen molar-refractivity contribution in [2.75, 3.05) is 12.0 Å². The molecule has 0 bridgehead atoms. The van der Waals surface area contributed by atoms with Crippen LogP contribution in [0.5, 0.6) is 5.75 Å². The molecule has 1 aliphatic heterocycles. The highest BCUT2D eigenvalue weighted by Gasteiger charge is 2.37. The fraction of sp³-hybridized carbons (Fsp3) is 0.0526. The first kappa shape index (κ1) is 19.1. The van der Waals surface area contributed by atoms with E-state index in [4.69, 9.17) is 21.4 Å². The summed E-state index contributed by atoms with van der Waals surface area (Å²) in [5, 5.41) is 11.4. The summed E-state index contributed by atoms with van der Waals surface area (Å²) in [5.41, 5.74) is 0.180. The van der Waals surface area contributed by atoms with E-state index in [0.717, 1.165) is 4.90 Å². The topological polar surface area (TPSA) is 113 Å². The fourth-order valence-electron chi connectivity index (χ4n) is 2.62. The fourth-order valence-corrected chi connectivity index (χ4v) is 2.80. The minimum atomic E-state index is -1.15. The van der Waals surface area contributed by atoms with E-state index < -0.39 is 23.8 Å². The van der Waals surface area contributed by atoms with Gasteiger partial charge in [0, 0.05) is 10.6 Å². The molecule has 0 atom stereocenters. The first-order chi connectivity index (χ1) is 13.3. The monoisotopic (exact) mass is 400 g/mol. The van der Waals surface area contributed by atoms with Crippen molar-refractivity contribution in [3.8, 4) is 5.75 Å². The van der Waals surface area contributed by atoms with Crippen molar-refractivity contribution in [2.24, 2.45) is 0 Å². The van der Waals surface area contributed by atoms with Gasteiger partial charge in [-0.25, -0.2) is 14.5 Å². The molecule has 8 nitrogen and oxygen atoms in total. The summed E-state index contributed by atoms with van der Waals surface area (Å²) in [5.74, 6) is -2.49. The van der Waals surface area contributed by atoms with E-state index in [-0.39, 0.29) is 16.8 Å². The van der Waals surface area contributed by atoms with Gasteiger partial charge in [0.05, 0.1) is 18.4 Å². The number of aromatic carboxylic acids is 1. The third kappa shape index (κ3) is 3.58. The maximum atomic E-state index is 12.8. The van der Waals surface area contributed by atoms with Crippen LogP contribution in [-0.2, 0) is 9.59 Å². The quantitative estimate of drug-likeness (QED) is 0.602. The van der Waals surface area contributed by atoms with Gasteiger partial charge in [0.2, 0.25) is 0 Å². The second-order valence-electron chi connectivity index (χ2n) is 5.70. The smallest absolute Gasteiger partial charge is 0.335 e. The summed E-state index contributed by atoms with van der Waals surface area (Å²) < 4.78 is 5.20. The lowest BCUT2D eigenvalue weighted by atomic mass is 10.1. The highest BCUT2D eigenvalue weighted by Crippen LogP contribution is 2.27. The molecule has 2 aromatic rings. The molecule has 2 aromatic carbocycles. The molecule has 1 heterocycles. The lowest BCUT2D eigenvalue weighted by Gasteiger charge is -2.26. The number of barbiturate groups is 1. The summed E-state index contributed by atoms with van der Waals surface area (Å²) in [6.07, 6.45) is 1.27. The molecule has 0 spiro atoms. The predicted molar refractivity (Wildman–Crippen MR) is 100 cm³/mol. The molecular weight excluding hydrogens is 388 g/mol. The second-order valence-corrected chi connectivity index (χ2v) is 6.13. The normalized spacial score (nSPS) is 15.6. The Morgan fingerprint density at radius 3 is 2.43 bits per heavy atom. The zero-order valence-corrected chi connectivity index (χ0v) is 15.2. The van der Waals surface area contributed by atoms with Crippen LogP contribution >= 0.6 is 11.6 Å². The van der Waals surface area contributed by atoms with E-state index in [9.17, 15) is 19.2 Å². The van der Waals surface area contributed by atoms with Gasteiger partial charge < -0.3 is 9.84 Å². The minimum Gasteiger partial charge on any atom is -0.496 e. The third-order valence-corrected chi connectivity index (χ3v) is 4.20. The molecule has 0 unspecified atom stereocenters. The molecule has 0 aliphatic carbocycles. The Bertz CT molecular complexity index is 1030. The van der Waals surface area contributed by atoms with E-state index in [1.807, 2.05) is 0 Å².